The summed E-state index contributed by atoms with van der Waals surface area (Å²) in [6.07, 6.45) is 1.08. The summed E-state index contributed by atoms with van der Waals surface area (Å²) >= 11 is -0.861. The molecule has 0 aliphatic carbocycles. The fourth-order valence-electron chi connectivity index (χ4n) is 2.73. The molecule has 2 fully saturated rings. The lowest BCUT2D eigenvalue weighted by Gasteiger charge is -2.41. The Bertz CT molecular complexity index is 356. The molecule has 2 atom stereocenters. The maximum Gasteiger partial charge on any atom is 0.203 e. The predicted octanol–water partition coefficient (Wildman–Crippen LogP) is 1.83. The lowest BCUT2D eigenvalue weighted by molar-refractivity contribution is -0.305. The number of hydrogen-bond acceptors (Lipinski definition) is 6. The van der Waals surface area contributed by atoms with Crippen molar-refractivity contribution in [3.63, 3.8) is 0 Å². The molecule has 136 valence electrons. The van der Waals surface area contributed by atoms with Crippen LogP contribution in [0.1, 0.15) is 40.5 Å². The maximum absolute atomic E-state index is 11.6. The van der Waals surface area contributed by atoms with Crippen molar-refractivity contribution in [2.45, 2.75) is 64.3 Å². The van der Waals surface area contributed by atoms with E-state index in [9.17, 15) is 4.55 Å². The second-order valence-corrected chi connectivity index (χ2v) is 8.59. The van der Waals surface area contributed by atoms with E-state index in [1.807, 2.05) is 27.7 Å². The third-order valence-electron chi connectivity index (χ3n) is 3.78. The summed E-state index contributed by atoms with van der Waals surface area (Å²) in [6.45, 7) is 10.1. The Morgan fingerprint density at radius 3 is 2.57 bits per heavy atom. The molecule has 2 aliphatic rings. The van der Waals surface area contributed by atoms with E-state index in [1.54, 1.807) is 0 Å². The topological polar surface area (TPSA) is 69.2 Å². The summed E-state index contributed by atoms with van der Waals surface area (Å²) in [5, 5.41) is 0. The van der Waals surface area contributed by atoms with Crippen LogP contribution in [0.4, 0.5) is 0 Å². The van der Waals surface area contributed by atoms with Crippen LogP contribution in [0.3, 0.4) is 0 Å². The minimum atomic E-state index is -0.861. The van der Waals surface area contributed by atoms with E-state index in [4.69, 9.17) is 23.7 Å². The minimum Gasteiger partial charge on any atom is -0.616 e. The second-order valence-electron chi connectivity index (χ2n) is 6.97. The van der Waals surface area contributed by atoms with Gasteiger partial charge in [0.15, 0.2) is 11.5 Å². The first kappa shape index (κ1) is 19.4. The number of ether oxygens (including phenoxy) is 5. The van der Waals surface area contributed by atoms with Gasteiger partial charge in [-0.15, -0.1) is 0 Å². The molecule has 7 heteroatoms. The molecule has 2 aliphatic heterocycles. The Labute approximate surface area is 142 Å². The van der Waals surface area contributed by atoms with Crippen LogP contribution in [0.25, 0.3) is 0 Å². The van der Waals surface area contributed by atoms with Crippen molar-refractivity contribution in [3.05, 3.63) is 0 Å². The van der Waals surface area contributed by atoms with E-state index in [-0.39, 0.29) is 6.10 Å². The van der Waals surface area contributed by atoms with Crippen molar-refractivity contribution in [1.82, 2.24) is 0 Å². The van der Waals surface area contributed by atoms with Gasteiger partial charge >= 0.3 is 0 Å². The molecule has 0 aromatic carbocycles. The van der Waals surface area contributed by atoms with E-state index in [2.05, 4.69) is 0 Å². The molecule has 23 heavy (non-hydrogen) atoms. The molecule has 0 N–H and O–H groups in total. The van der Waals surface area contributed by atoms with Crippen molar-refractivity contribution in [2.24, 2.45) is 0 Å². The standard InChI is InChI=1S/C16H30O6S/c1-13(2)21-16(5-7-18-8-6-16)20-12-15(3,4)22-14-11-23(17)10-9-19-14/h13-14H,5-12H2,1-4H3. The summed E-state index contributed by atoms with van der Waals surface area (Å²) in [7, 11) is 0. The van der Waals surface area contributed by atoms with Gasteiger partial charge in [0.1, 0.15) is 5.75 Å². The average molecular weight is 350 g/mol. The normalized spacial score (nSPS) is 29.0. The molecular formula is C16H30O6S. The minimum absolute atomic E-state index is 0.0845. The summed E-state index contributed by atoms with van der Waals surface area (Å²) in [4.78, 5) is 0. The zero-order valence-electron chi connectivity index (χ0n) is 14.7. The summed E-state index contributed by atoms with van der Waals surface area (Å²) in [6, 6.07) is 0. The van der Waals surface area contributed by atoms with Gasteiger partial charge in [0.25, 0.3) is 0 Å². The van der Waals surface area contributed by atoms with E-state index < -0.39 is 28.9 Å². The van der Waals surface area contributed by atoms with Gasteiger partial charge in [-0.3, -0.25) is 0 Å². The largest absolute Gasteiger partial charge is 0.616 e. The van der Waals surface area contributed by atoms with Crippen LogP contribution in [0, 0.1) is 0 Å². The summed E-state index contributed by atoms with van der Waals surface area (Å²) in [5.74, 6) is 0.399. The molecule has 0 bridgehead atoms. The van der Waals surface area contributed by atoms with Gasteiger partial charge in [-0.25, -0.2) is 0 Å². The van der Waals surface area contributed by atoms with Gasteiger partial charge in [0.2, 0.25) is 6.29 Å². The van der Waals surface area contributed by atoms with Crippen LogP contribution in [0.2, 0.25) is 0 Å². The maximum atomic E-state index is 11.6. The second kappa shape index (κ2) is 8.47. The van der Waals surface area contributed by atoms with Crippen LogP contribution < -0.4 is 0 Å². The molecule has 0 saturated carbocycles. The molecule has 0 radical (unpaired) electrons. The molecule has 2 unspecified atom stereocenters. The first-order valence-corrected chi connectivity index (χ1v) is 9.83. The molecule has 2 saturated heterocycles. The molecular weight excluding hydrogens is 320 g/mol. The van der Waals surface area contributed by atoms with E-state index >= 15 is 0 Å². The van der Waals surface area contributed by atoms with Crippen molar-refractivity contribution >= 4 is 11.2 Å². The van der Waals surface area contributed by atoms with Gasteiger partial charge < -0.3 is 28.2 Å². The third kappa shape index (κ3) is 6.49. The van der Waals surface area contributed by atoms with Crippen LogP contribution >= 0.6 is 0 Å². The average Bonchev–Trinajstić information content (AvgIpc) is 2.45. The monoisotopic (exact) mass is 350 g/mol. The first-order valence-electron chi connectivity index (χ1n) is 8.34. The lowest BCUT2D eigenvalue weighted by atomic mass is 10.1. The molecule has 2 rings (SSSR count). The SMILES string of the molecule is CC(C)OC1(OCC(C)(C)OC2C[S+]([O-])CCO2)CCOCC1. The van der Waals surface area contributed by atoms with Crippen LogP contribution in [-0.4, -0.2) is 66.3 Å². The Balaban J connectivity index is 1.87. The molecule has 2 heterocycles. The highest BCUT2D eigenvalue weighted by Crippen LogP contribution is 2.30. The Morgan fingerprint density at radius 1 is 1.26 bits per heavy atom. The Morgan fingerprint density at radius 2 is 1.96 bits per heavy atom. The number of rotatable bonds is 7. The summed E-state index contributed by atoms with van der Waals surface area (Å²) in [5.41, 5.74) is -0.544. The molecule has 0 spiro atoms. The molecule has 6 nitrogen and oxygen atoms in total. The van der Waals surface area contributed by atoms with Gasteiger partial charge in [0, 0.05) is 12.8 Å². The fraction of sp³-hybridized carbons (Fsp3) is 1.00. The highest BCUT2D eigenvalue weighted by Gasteiger charge is 2.39. The lowest BCUT2D eigenvalue weighted by Crippen LogP contribution is -2.48. The molecule has 0 aromatic heterocycles. The van der Waals surface area contributed by atoms with Crippen molar-refractivity contribution in [1.29, 1.82) is 0 Å². The van der Waals surface area contributed by atoms with E-state index in [0.29, 0.717) is 50.8 Å². The molecule has 0 amide bonds. The molecule has 0 aromatic rings. The van der Waals surface area contributed by atoms with Crippen molar-refractivity contribution in [3.8, 4) is 0 Å². The van der Waals surface area contributed by atoms with Gasteiger partial charge in [-0.05, 0) is 38.9 Å². The third-order valence-corrected chi connectivity index (χ3v) is 5.04. The predicted molar refractivity (Wildman–Crippen MR) is 87.7 cm³/mol. The van der Waals surface area contributed by atoms with Gasteiger partial charge in [-0.1, -0.05) is 0 Å². The quantitative estimate of drug-likeness (QED) is 0.515. The fourth-order valence-corrected chi connectivity index (χ4v) is 3.64. The zero-order valence-corrected chi connectivity index (χ0v) is 15.5. The van der Waals surface area contributed by atoms with E-state index in [0.717, 1.165) is 0 Å². The number of hydrogen-bond donors (Lipinski definition) is 0. The van der Waals surface area contributed by atoms with Crippen LogP contribution in [0.5, 0.6) is 0 Å². The smallest absolute Gasteiger partial charge is 0.203 e. The van der Waals surface area contributed by atoms with Crippen LogP contribution in [-0.2, 0) is 34.9 Å². The Hall–Kier alpha value is 0.110. The van der Waals surface area contributed by atoms with E-state index in [1.165, 1.54) is 0 Å². The van der Waals surface area contributed by atoms with Gasteiger partial charge in [-0.2, -0.15) is 0 Å². The highest BCUT2D eigenvalue weighted by molar-refractivity contribution is 7.91. The van der Waals surface area contributed by atoms with Crippen molar-refractivity contribution in [2.75, 3.05) is 37.9 Å². The first-order chi connectivity index (χ1) is 10.8. The Kier molecular flexibility index (Phi) is 7.16. The zero-order chi connectivity index (χ0) is 16.9. The summed E-state index contributed by atoms with van der Waals surface area (Å²) < 4.78 is 40.8. The highest BCUT2D eigenvalue weighted by atomic mass is 32.2. The van der Waals surface area contributed by atoms with Crippen LogP contribution in [0.15, 0.2) is 0 Å². The van der Waals surface area contributed by atoms with Crippen molar-refractivity contribution < 1.29 is 28.2 Å². The van der Waals surface area contributed by atoms with Gasteiger partial charge in [0.05, 0.1) is 38.1 Å².